The van der Waals surface area contributed by atoms with E-state index in [2.05, 4.69) is 51.3 Å². The molecule has 38 heavy (non-hydrogen) atoms. The van der Waals surface area contributed by atoms with Crippen LogP contribution in [0.2, 0.25) is 10.0 Å². The second kappa shape index (κ2) is 11.9. The number of amides is 2. The van der Waals surface area contributed by atoms with Crippen LogP contribution in [0.1, 0.15) is 16.1 Å². The molecule has 0 unspecified atom stereocenters. The Balaban J connectivity index is 1.07. The van der Waals surface area contributed by atoms with Gasteiger partial charge in [-0.3, -0.25) is 14.5 Å². The monoisotopic (exact) mass is 572 g/mol. The van der Waals surface area contributed by atoms with Gasteiger partial charge in [0.1, 0.15) is 5.69 Å². The van der Waals surface area contributed by atoms with E-state index >= 15 is 0 Å². The molecule has 2 aliphatic rings. The van der Waals surface area contributed by atoms with Crippen molar-refractivity contribution in [1.29, 1.82) is 0 Å². The summed E-state index contributed by atoms with van der Waals surface area (Å²) in [7, 11) is 0. The number of nitrogens with zero attached hydrogens (tertiary/aromatic N) is 5. The summed E-state index contributed by atoms with van der Waals surface area (Å²) in [4.78, 5) is 38.7. The maximum atomic E-state index is 13.0. The Bertz CT molecular complexity index is 1300. The first-order valence-electron chi connectivity index (χ1n) is 12.6. The summed E-state index contributed by atoms with van der Waals surface area (Å²) >= 11 is 13.4. The predicted octanol–water partition coefficient (Wildman–Crippen LogP) is 4.61. The minimum absolute atomic E-state index is 0.0956. The fourth-order valence-electron chi connectivity index (χ4n) is 4.80. The summed E-state index contributed by atoms with van der Waals surface area (Å²) in [5.74, 6) is 0.0634. The van der Waals surface area contributed by atoms with Crippen LogP contribution in [0.5, 0.6) is 0 Å². The standard InChI is InChI=1S/C27H30Cl2N6O2S/c1-19-4-2-3-5-24(19)33-12-14-34(15-13-33)25(36)17-32-8-10-35(11-9-32)26(37)23-18-38-27(31-23)30-20-6-7-21(28)22(29)16-20/h2-7,16,18H,8-15,17H2,1H3,(H,30,31). The van der Waals surface area contributed by atoms with E-state index in [1.165, 1.54) is 22.6 Å². The SMILES string of the molecule is Cc1ccccc1N1CCN(C(=O)CN2CCN(C(=O)c3csc(Nc4ccc(Cl)c(Cl)c4)n3)CC2)CC1. The van der Waals surface area contributed by atoms with Gasteiger partial charge in [0.15, 0.2) is 5.13 Å². The van der Waals surface area contributed by atoms with Crippen LogP contribution in [0.4, 0.5) is 16.5 Å². The molecule has 5 rings (SSSR count). The lowest BCUT2D eigenvalue weighted by Crippen LogP contribution is -2.54. The lowest BCUT2D eigenvalue weighted by molar-refractivity contribution is -0.133. The van der Waals surface area contributed by atoms with Gasteiger partial charge in [0, 0.05) is 69.1 Å². The van der Waals surface area contributed by atoms with Crippen molar-refractivity contribution in [3.63, 3.8) is 0 Å². The van der Waals surface area contributed by atoms with Gasteiger partial charge in [-0.1, -0.05) is 41.4 Å². The molecule has 0 radical (unpaired) electrons. The zero-order valence-corrected chi connectivity index (χ0v) is 23.5. The quantitative estimate of drug-likeness (QED) is 0.465. The molecule has 200 valence electrons. The summed E-state index contributed by atoms with van der Waals surface area (Å²) in [6.07, 6.45) is 0. The normalized spacial score (nSPS) is 16.6. The molecule has 3 heterocycles. The summed E-state index contributed by atoms with van der Waals surface area (Å²) in [6, 6.07) is 13.6. The Hall–Kier alpha value is -2.85. The molecular weight excluding hydrogens is 543 g/mol. The van der Waals surface area contributed by atoms with Crippen LogP contribution in [0.3, 0.4) is 0 Å². The van der Waals surface area contributed by atoms with Crippen molar-refractivity contribution < 1.29 is 9.59 Å². The molecule has 2 aliphatic heterocycles. The van der Waals surface area contributed by atoms with Crippen molar-refractivity contribution in [3.05, 3.63) is 69.1 Å². The minimum Gasteiger partial charge on any atom is -0.368 e. The first kappa shape index (κ1) is 26.7. The smallest absolute Gasteiger partial charge is 0.273 e. The Kier molecular flexibility index (Phi) is 8.38. The molecule has 0 aliphatic carbocycles. The molecule has 2 aromatic carbocycles. The number of piperazine rings is 2. The number of aromatic nitrogens is 1. The second-order valence-corrected chi connectivity index (χ2v) is 11.2. The summed E-state index contributed by atoms with van der Waals surface area (Å²) in [6.45, 7) is 8.13. The van der Waals surface area contributed by atoms with Gasteiger partial charge in [0.25, 0.3) is 5.91 Å². The summed E-state index contributed by atoms with van der Waals surface area (Å²) < 4.78 is 0. The number of nitrogens with one attached hydrogen (secondary N) is 1. The van der Waals surface area contributed by atoms with Gasteiger partial charge in [-0.05, 0) is 36.8 Å². The van der Waals surface area contributed by atoms with Crippen molar-refractivity contribution in [1.82, 2.24) is 19.7 Å². The van der Waals surface area contributed by atoms with E-state index in [1.54, 1.807) is 22.4 Å². The van der Waals surface area contributed by atoms with Crippen molar-refractivity contribution in [3.8, 4) is 0 Å². The van der Waals surface area contributed by atoms with Crippen molar-refractivity contribution in [2.45, 2.75) is 6.92 Å². The van der Waals surface area contributed by atoms with Crippen LogP contribution in [-0.2, 0) is 4.79 Å². The third kappa shape index (κ3) is 6.23. The topological polar surface area (TPSA) is 72.0 Å². The zero-order valence-electron chi connectivity index (χ0n) is 21.2. The molecule has 0 bridgehead atoms. The summed E-state index contributed by atoms with van der Waals surface area (Å²) in [5.41, 5.74) is 3.67. The number of halogens is 2. The Labute approximate surface area is 236 Å². The van der Waals surface area contributed by atoms with Crippen LogP contribution < -0.4 is 10.2 Å². The lowest BCUT2D eigenvalue weighted by atomic mass is 10.1. The van der Waals surface area contributed by atoms with Gasteiger partial charge in [-0.25, -0.2) is 4.98 Å². The molecule has 0 spiro atoms. The maximum absolute atomic E-state index is 13.0. The highest BCUT2D eigenvalue weighted by molar-refractivity contribution is 7.14. The van der Waals surface area contributed by atoms with E-state index in [0.29, 0.717) is 53.6 Å². The highest BCUT2D eigenvalue weighted by Crippen LogP contribution is 2.28. The van der Waals surface area contributed by atoms with E-state index in [1.807, 2.05) is 11.0 Å². The third-order valence-corrected chi connectivity index (χ3v) is 8.50. The molecular formula is C27H30Cl2N6O2S. The lowest BCUT2D eigenvalue weighted by Gasteiger charge is -2.39. The van der Waals surface area contributed by atoms with Crippen LogP contribution in [0.15, 0.2) is 47.8 Å². The largest absolute Gasteiger partial charge is 0.368 e. The van der Waals surface area contributed by atoms with E-state index in [4.69, 9.17) is 23.2 Å². The van der Waals surface area contributed by atoms with E-state index < -0.39 is 0 Å². The molecule has 1 N–H and O–H groups in total. The van der Waals surface area contributed by atoms with Crippen LogP contribution >= 0.6 is 34.5 Å². The third-order valence-electron chi connectivity index (χ3n) is 7.00. The van der Waals surface area contributed by atoms with Crippen LogP contribution in [0.25, 0.3) is 0 Å². The number of benzene rings is 2. The second-order valence-electron chi connectivity index (χ2n) is 9.51. The van der Waals surface area contributed by atoms with Crippen molar-refractivity contribution >= 4 is 62.9 Å². The molecule has 3 aromatic rings. The number of rotatable bonds is 6. The predicted molar refractivity (Wildman–Crippen MR) is 154 cm³/mol. The van der Waals surface area contributed by atoms with Gasteiger partial charge in [-0.2, -0.15) is 0 Å². The minimum atomic E-state index is -0.0956. The van der Waals surface area contributed by atoms with Gasteiger partial charge < -0.3 is 20.0 Å². The van der Waals surface area contributed by atoms with Gasteiger partial charge in [0.05, 0.1) is 16.6 Å². The number of thiazole rings is 1. The number of para-hydroxylation sites is 1. The summed E-state index contributed by atoms with van der Waals surface area (Å²) in [5, 5.41) is 6.46. The average molecular weight is 574 g/mol. The Morgan fingerprint density at radius 3 is 2.34 bits per heavy atom. The maximum Gasteiger partial charge on any atom is 0.273 e. The number of anilines is 3. The first-order valence-corrected chi connectivity index (χ1v) is 14.3. The number of hydrogen-bond donors (Lipinski definition) is 1. The molecule has 2 amide bonds. The number of carbonyl (C=O) groups excluding carboxylic acids is 2. The average Bonchev–Trinajstić information content (AvgIpc) is 3.39. The molecule has 1 aromatic heterocycles. The molecule has 8 nitrogen and oxygen atoms in total. The Morgan fingerprint density at radius 1 is 0.921 bits per heavy atom. The highest BCUT2D eigenvalue weighted by Gasteiger charge is 2.27. The number of hydrogen-bond acceptors (Lipinski definition) is 7. The van der Waals surface area contributed by atoms with Crippen molar-refractivity contribution in [2.75, 3.05) is 69.1 Å². The molecule has 0 saturated carbocycles. The van der Waals surface area contributed by atoms with Gasteiger partial charge in [-0.15, -0.1) is 11.3 Å². The van der Waals surface area contributed by atoms with Crippen LogP contribution in [0, 0.1) is 6.92 Å². The van der Waals surface area contributed by atoms with Crippen molar-refractivity contribution in [2.24, 2.45) is 0 Å². The fraction of sp³-hybridized carbons (Fsp3) is 0.370. The Morgan fingerprint density at radius 2 is 1.63 bits per heavy atom. The molecule has 2 fully saturated rings. The molecule has 2 saturated heterocycles. The first-order chi connectivity index (χ1) is 18.4. The zero-order chi connectivity index (χ0) is 26.6. The van der Waals surface area contributed by atoms with Gasteiger partial charge in [0.2, 0.25) is 5.91 Å². The number of aryl methyl sites for hydroxylation is 1. The van der Waals surface area contributed by atoms with E-state index in [0.717, 1.165) is 31.9 Å². The van der Waals surface area contributed by atoms with E-state index in [9.17, 15) is 9.59 Å². The van der Waals surface area contributed by atoms with E-state index in [-0.39, 0.29) is 11.8 Å². The molecule has 0 atom stereocenters. The molecule has 11 heteroatoms. The fourth-order valence-corrected chi connectivity index (χ4v) is 5.81. The van der Waals surface area contributed by atoms with Gasteiger partial charge >= 0.3 is 0 Å². The highest BCUT2D eigenvalue weighted by atomic mass is 35.5. The van der Waals surface area contributed by atoms with Crippen LogP contribution in [-0.4, -0.2) is 90.4 Å². The number of carbonyl (C=O) groups is 2.